The Kier molecular flexibility index (Phi) is 4.86. The molecule has 1 aliphatic rings. The fourth-order valence-corrected chi connectivity index (χ4v) is 4.32. The SMILES string of the molecule is CCC1(c2ccncc2)CN=C(c2c(OC)c(-c3ccccc3)nc3ccccc23)N1. The lowest BCUT2D eigenvalue weighted by Gasteiger charge is -2.29. The highest BCUT2D eigenvalue weighted by atomic mass is 16.5. The number of hydrogen-bond acceptors (Lipinski definition) is 5. The minimum Gasteiger partial charge on any atom is -0.494 e. The lowest BCUT2D eigenvalue weighted by molar-refractivity contribution is 0.409. The number of nitrogens with zero attached hydrogens (tertiary/aromatic N) is 3. The predicted molar refractivity (Wildman–Crippen MR) is 124 cm³/mol. The number of ether oxygens (including phenoxy) is 1. The Labute approximate surface area is 181 Å². The van der Waals surface area contributed by atoms with E-state index >= 15 is 0 Å². The third kappa shape index (κ3) is 3.22. The van der Waals surface area contributed by atoms with Crippen LogP contribution in [-0.2, 0) is 5.54 Å². The van der Waals surface area contributed by atoms with Crippen LogP contribution in [0.5, 0.6) is 5.75 Å². The van der Waals surface area contributed by atoms with Crippen molar-refractivity contribution in [2.75, 3.05) is 13.7 Å². The van der Waals surface area contributed by atoms with E-state index in [-0.39, 0.29) is 5.54 Å². The van der Waals surface area contributed by atoms with Crippen molar-refractivity contribution in [1.82, 2.24) is 15.3 Å². The summed E-state index contributed by atoms with van der Waals surface area (Å²) in [5, 5.41) is 4.77. The molecule has 4 aromatic rings. The fraction of sp³-hybridized carbons (Fsp3) is 0.192. The zero-order valence-corrected chi connectivity index (χ0v) is 17.7. The van der Waals surface area contributed by atoms with Gasteiger partial charge in [-0.2, -0.15) is 0 Å². The van der Waals surface area contributed by atoms with Gasteiger partial charge in [-0.15, -0.1) is 0 Å². The molecule has 5 rings (SSSR count). The van der Waals surface area contributed by atoms with E-state index in [9.17, 15) is 0 Å². The van der Waals surface area contributed by atoms with Crippen LogP contribution in [0.25, 0.3) is 22.2 Å². The molecule has 0 fully saturated rings. The highest BCUT2D eigenvalue weighted by Crippen LogP contribution is 2.39. The highest BCUT2D eigenvalue weighted by Gasteiger charge is 2.37. The molecule has 154 valence electrons. The van der Waals surface area contributed by atoms with Crippen molar-refractivity contribution in [2.24, 2.45) is 4.99 Å². The molecule has 0 spiro atoms. The van der Waals surface area contributed by atoms with Gasteiger partial charge in [0.2, 0.25) is 0 Å². The first-order valence-electron chi connectivity index (χ1n) is 10.5. The normalized spacial score (nSPS) is 17.9. The molecule has 1 atom stereocenters. The van der Waals surface area contributed by atoms with E-state index in [2.05, 4.69) is 47.6 Å². The van der Waals surface area contributed by atoms with E-state index < -0.39 is 0 Å². The van der Waals surface area contributed by atoms with Crippen molar-refractivity contribution >= 4 is 16.7 Å². The Bertz CT molecular complexity index is 1250. The Morgan fingerprint density at radius 3 is 2.45 bits per heavy atom. The molecule has 1 N–H and O–H groups in total. The van der Waals surface area contributed by atoms with E-state index in [0.29, 0.717) is 6.54 Å². The van der Waals surface area contributed by atoms with E-state index in [1.165, 1.54) is 5.56 Å². The molecule has 2 aromatic carbocycles. The molecule has 1 aliphatic heterocycles. The number of benzene rings is 2. The molecule has 0 aliphatic carbocycles. The number of hydrogen-bond donors (Lipinski definition) is 1. The van der Waals surface area contributed by atoms with Gasteiger partial charge in [0.15, 0.2) is 5.75 Å². The van der Waals surface area contributed by atoms with Gasteiger partial charge in [-0.1, -0.05) is 55.5 Å². The van der Waals surface area contributed by atoms with Crippen LogP contribution in [0, 0.1) is 0 Å². The molecule has 31 heavy (non-hydrogen) atoms. The molecule has 5 heteroatoms. The Morgan fingerprint density at radius 1 is 0.968 bits per heavy atom. The lowest BCUT2D eigenvalue weighted by Crippen LogP contribution is -2.42. The average molecular weight is 409 g/mol. The van der Waals surface area contributed by atoms with Gasteiger partial charge in [-0.25, -0.2) is 4.98 Å². The third-order valence-electron chi connectivity index (χ3n) is 6.04. The summed E-state index contributed by atoms with van der Waals surface area (Å²) >= 11 is 0. The first kappa shape index (κ1) is 19.2. The van der Waals surface area contributed by atoms with E-state index in [0.717, 1.165) is 45.7 Å². The molecule has 1 unspecified atom stereocenters. The molecule has 0 saturated heterocycles. The molecule has 2 aromatic heterocycles. The maximum absolute atomic E-state index is 5.97. The van der Waals surface area contributed by atoms with Crippen molar-refractivity contribution in [3.05, 3.63) is 90.3 Å². The Morgan fingerprint density at radius 2 is 1.71 bits per heavy atom. The molecule has 5 nitrogen and oxygen atoms in total. The van der Waals surface area contributed by atoms with Gasteiger partial charge in [0.1, 0.15) is 11.5 Å². The Hall–Kier alpha value is -3.73. The lowest BCUT2D eigenvalue weighted by atomic mass is 9.88. The van der Waals surface area contributed by atoms with Crippen LogP contribution in [0.3, 0.4) is 0 Å². The van der Waals surface area contributed by atoms with Gasteiger partial charge in [-0.05, 0) is 30.2 Å². The van der Waals surface area contributed by atoms with Gasteiger partial charge in [0.25, 0.3) is 0 Å². The Balaban J connectivity index is 1.70. The summed E-state index contributed by atoms with van der Waals surface area (Å²) in [7, 11) is 1.70. The van der Waals surface area contributed by atoms with Crippen molar-refractivity contribution in [3.8, 4) is 17.0 Å². The van der Waals surface area contributed by atoms with Crippen molar-refractivity contribution in [1.29, 1.82) is 0 Å². The summed E-state index contributed by atoms with van der Waals surface area (Å²) in [5.74, 6) is 1.57. The zero-order chi connectivity index (χ0) is 21.3. The first-order valence-corrected chi connectivity index (χ1v) is 10.5. The van der Waals surface area contributed by atoms with Crippen molar-refractivity contribution < 1.29 is 4.74 Å². The van der Waals surface area contributed by atoms with E-state index in [1.54, 1.807) is 7.11 Å². The highest BCUT2D eigenvalue weighted by molar-refractivity contribution is 6.13. The molecular weight excluding hydrogens is 384 g/mol. The second-order valence-corrected chi connectivity index (χ2v) is 7.71. The van der Waals surface area contributed by atoms with Gasteiger partial charge in [-0.3, -0.25) is 9.98 Å². The van der Waals surface area contributed by atoms with Crippen LogP contribution in [0.2, 0.25) is 0 Å². The number of methoxy groups -OCH3 is 1. The summed E-state index contributed by atoms with van der Waals surface area (Å²) in [5.41, 5.74) is 4.63. The zero-order valence-electron chi connectivity index (χ0n) is 17.7. The first-order chi connectivity index (χ1) is 15.3. The number of rotatable bonds is 5. The molecule has 0 saturated carbocycles. The van der Waals surface area contributed by atoms with E-state index in [1.807, 2.05) is 48.8 Å². The van der Waals surface area contributed by atoms with Gasteiger partial charge < -0.3 is 10.1 Å². The van der Waals surface area contributed by atoms with Crippen molar-refractivity contribution in [3.63, 3.8) is 0 Å². The molecule has 3 heterocycles. The third-order valence-corrected chi connectivity index (χ3v) is 6.04. The van der Waals surface area contributed by atoms with Crippen LogP contribution >= 0.6 is 0 Å². The summed E-state index contributed by atoms with van der Waals surface area (Å²) < 4.78 is 5.97. The number of pyridine rings is 2. The summed E-state index contributed by atoms with van der Waals surface area (Å²) in [6.45, 7) is 2.84. The van der Waals surface area contributed by atoms with Crippen LogP contribution in [-0.4, -0.2) is 29.5 Å². The number of aliphatic imine (C=N–C) groups is 1. The largest absolute Gasteiger partial charge is 0.494 e. The summed E-state index contributed by atoms with van der Waals surface area (Å²) in [4.78, 5) is 14.1. The van der Waals surface area contributed by atoms with Gasteiger partial charge in [0, 0.05) is 23.3 Å². The smallest absolute Gasteiger partial charge is 0.156 e. The average Bonchev–Trinajstić information content (AvgIpc) is 3.29. The quantitative estimate of drug-likeness (QED) is 0.507. The number of amidine groups is 1. The van der Waals surface area contributed by atoms with Crippen LogP contribution in [0.1, 0.15) is 24.5 Å². The fourth-order valence-electron chi connectivity index (χ4n) is 4.32. The standard InChI is InChI=1S/C26H24N4O/c1-3-26(19-13-15-27-16-14-19)17-28-25(30-26)22-20-11-7-8-12-21(20)29-23(24(22)31-2)18-9-5-4-6-10-18/h4-16H,3,17H2,1-2H3,(H,28,30). The predicted octanol–water partition coefficient (Wildman–Crippen LogP) is 4.96. The minimum absolute atomic E-state index is 0.263. The number of aromatic nitrogens is 2. The molecule has 0 amide bonds. The topological polar surface area (TPSA) is 59.4 Å². The number of nitrogens with one attached hydrogen (secondary N) is 1. The second-order valence-electron chi connectivity index (χ2n) is 7.71. The summed E-state index contributed by atoms with van der Waals surface area (Å²) in [6, 6.07) is 22.4. The van der Waals surface area contributed by atoms with Crippen LogP contribution in [0.15, 0.2) is 84.1 Å². The maximum Gasteiger partial charge on any atom is 0.156 e. The van der Waals surface area contributed by atoms with Crippen molar-refractivity contribution in [2.45, 2.75) is 18.9 Å². The number of para-hydroxylation sites is 1. The van der Waals surface area contributed by atoms with Crippen LogP contribution < -0.4 is 10.1 Å². The summed E-state index contributed by atoms with van der Waals surface area (Å²) in [6.07, 6.45) is 4.57. The minimum atomic E-state index is -0.263. The number of fused-ring (bicyclic) bond motifs is 1. The van der Waals surface area contributed by atoms with Gasteiger partial charge in [0.05, 0.1) is 30.3 Å². The monoisotopic (exact) mass is 408 g/mol. The van der Waals surface area contributed by atoms with Crippen LogP contribution in [0.4, 0.5) is 0 Å². The van der Waals surface area contributed by atoms with E-state index in [4.69, 9.17) is 14.7 Å². The second kappa shape index (κ2) is 7.84. The molecular formula is C26H24N4O. The molecule has 0 radical (unpaired) electrons. The molecule has 0 bridgehead atoms. The maximum atomic E-state index is 5.97. The van der Waals surface area contributed by atoms with Gasteiger partial charge >= 0.3 is 0 Å².